The molecular weight excluding hydrogens is 286 g/mol. The molecule has 21 heavy (non-hydrogen) atoms. The van der Waals surface area contributed by atoms with E-state index < -0.39 is 0 Å². The van der Waals surface area contributed by atoms with E-state index in [2.05, 4.69) is 12.2 Å². The SMILES string of the molecule is CC.COc1ccc(C(=O)NC2CCCCC2C)cc1Cl. The Kier molecular flexibility index (Phi) is 7.58. The Labute approximate surface area is 133 Å². The van der Waals surface area contributed by atoms with Crippen LogP contribution in [-0.4, -0.2) is 19.1 Å². The molecule has 4 heteroatoms. The van der Waals surface area contributed by atoms with Gasteiger partial charge in [-0.2, -0.15) is 0 Å². The number of carbonyl (C=O) groups excluding carboxylic acids is 1. The van der Waals surface area contributed by atoms with E-state index in [4.69, 9.17) is 16.3 Å². The van der Waals surface area contributed by atoms with Gasteiger partial charge in [-0.3, -0.25) is 4.79 Å². The van der Waals surface area contributed by atoms with Crippen LogP contribution in [0.4, 0.5) is 0 Å². The molecule has 0 radical (unpaired) electrons. The number of benzene rings is 1. The van der Waals surface area contributed by atoms with Crippen LogP contribution < -0.4 is 10.1 Å². The summed E-state index contributed by atoms with van der Waals surface area (Å²) >= 11 is 6.04. The lowest BCUT2D eigenvalue weighted by Gasteiger charge is -2.29. The molecular formula is C17H26ClNO2. The Balaban J connectivity index is 0.00000106. The molecule has 1 N–H and O–H groups in total. The summed E-state index contributed by atoms with van der Waals surface area (Å²) in [5.74, 6) is 1.08. The lowest BCUT2D eigenvalue weighted by atomic mass is 9.86. The molecule has 1 fully saturated rings. The molecule has 3 nitrogen and oxygen atoms in total. The fourth-order valence-electron chi connectivity index (χ4n) is 2.59. The zero-order valence-corrected chi connectivity index (χ0v) is 14.2. The standard InChI is InChI=1S/C15H20ClNO2.C2H6/c1-10-5-3-4-6-13(10)17-15(18)11-7-8-14(19-2)12(16)9-11;1-2/h7-10,13H,3-6H2,1-2H3,(H,17,18);1-2H3. The van der Waals surface area contributed by atoms with E-state index in [9.17, 15) is 4.79 Å². The number of hydrogen-bond donors (Lipinski definition) is 1. The van der Waals surface area contributed by atoms with E-state index in [0.29, 0.717) is 22.3 Å². The Morgan fingerprint density at radius 1 is 1.29 bits per heavy atom. The first kappa shape index (κ1) is 17.8. The van der Waals surface area contributed by atoms with Crippen molar-refractivity contribution in [2.45, 2.75) is 52.5 Å². The number of nitrogens with one attached hydrogen (secondary N) is 1. The van der Waals surface area contributed by atoms with Crippen LogP contribution in [0.2, 0.25) is 5.02 Å². The van der Waals surface area contributed by atoms with E-state index in [-0.39, 0.29) is 11.9 Å². The van der Waals surface area contributed by atoms with Crippen molar-refractivity contribution in [2.24, 2.45) is 5.92 Å². The van der Waals surface area contributed by atoms with Crippen molar-refractivity contribution < 1.29 is 9.53 Å². The third kappa shape index (κ3) is 4.92. The molecule has 1 aliphatic rings. The van der Waals surface area contributed by atoms with Gasteiger partial charge in [0.05, 0.1) is 12.1 Å². The summed E-state index contributed by atoms with van der Waals surface area (Å²) in [5.41, 5.74) is 0.587. The van der Waals surface area contributed by atoms with Crippen LogP contribution in [0.15, 0.2) is 18.2 Å². The van der Waals surface area contributed by atoms with Crippen molar-refractivity contribution in [3.05, 3.63) is 28.8 Å². The third-order valence-electron chi connectivity index (χ3n) is 3.84. The van der Waals surface area contributed by atoms with Gasteiger partial charge in [0.2, 0.25) is 0 Å². The molecule has 0 bridgehead atoms. The molecule has 0 aromatic heterocycles. The van der Waals surface area contributed by atoms with Crippen molar-refractivity contribution in [1.29, 1.82) is 0 Å². The largest absolute Gasteiger partial charge is 0.495 e. The second-order valence-electron chi connectivity index (χ2n) is 5.19. The number of amides is 1. The van der Waals surface area contributed by atoms with Crippen molar-refractivity contribution in [2.75, 3.05) is 7.11 Å². The minimum Gasteiger partial charge on any atom is -0.495 e. The maximum Gasteiger partial charge on any atom is 0.251 e. The fourth-order valence-corrected chi connectivity index (χ4v) is 2.85. The number of methoxy groups -OCH3 is 1. The molecule has 1 aliphatic carbocycles. The van der Waals surface area contributed by atoms with Crippen molar-refractivity contribution in [1.82, 2.24) is 5.32 Å². The summed E-state index contributed by atoms with van der Waals surface area (Å²) < 4.78 is 5.08. The summed E-state index contributed by atoms with van der Waals surface area (Å²) in [5, 5.41) is 3.58. The van der Waals surface area contributed by atoms with E-state index >= 15 is 0 Å². The quantitative estimate of drug-likeness (QED) is 0.880. The van der Waals surface area contributed by atoms with Gasteiger partial charge in [0, 0.05) is 11.6 Å². The first-order valence-corrected chi connectivity index (χ1v) is 8.14. The van der Waals surface area contributed by atoms with Crippen LogP contribution in [0.3, 0.4) is 0 Å². The van der Waals surface area contributed by atoms with Crippen molar-refractivity contribution in [3.8, 4) is 5.75 Å². The minimum atomic E-state index is -0.0525. The molecule has 0 saturated heterocycles. The maximum absolute atomic E-state index is 12.2. The Morgan fingerprint density at radius 2 is 1.95 bits per heavy atom. The van der Waals surface area contributed by atoms with Gasteiger partial charge >= 0.3 is 0 Å². The van der Waals surface area contributed by atoms with Crippen molar-refractivity contribution >= 4 is 17.5 Å². The molecule has 0 spiro atoms. The number of rotatable bonds is 3. The van der Waals surface area contributed by atoms with Crippen LogP contribution in [0.25, 0.3) is 0 Å². The van der Waals surface area contributed by atoms with Crippen LogP contribution >= 0.6 is 11.6 Å². The van der Waals surface area contributed by atoms with Crippen molar-refractivity contribution in [3.63, 3.8) is 0 Å². The van der Waals surface area contributed by atoms with Gasteiger partial charge in [0.1, 0.15) is 5.75 Å². The fraction of sp³-hybridized carbons (Fsp3) is 0.588. The van der Waals surface area contributed by atoms with Gasteiger partial charge in [0.15, 0.2) is 0 Å². The van der Waals surface area contributed by atoms with E-state index in [0.717, 1.165) is 6.42 Å². The first-order valence-electron chi connectivity index (χ1n) is 7.76. The second-order valence-corrected chi connectivity index (χ2v) is 5.60. The van der Waals surface area contributed by atoms with Gasteiger partial charge < -0.3 is 10.1 Å². The number of hydrogen-bond acceptors (Lipinski definition) is 2. The molecule has 2 atom stereocenters. The lowest BCUT2D eigenvalue weighted by Crippen LogP contribution is -2.41. The average molecular weight is 312 g/mol. The third-order valence-corrected chi connectivity index (χ3v) is 4.14. The van der Waals surface area contributed by atoms with Gasteiger partial charge in [-0.25, -0.2) is 0 Å². The van der Waals surface area contributed by atoms with Gasteiger partial charge in [-0.1, -0.05) is 45.2 Å². The van der Waals surface area contributed by atoms with Gasteiger partial charge in [-0.05, 0) is 37.0 Å². The van der Waals surface area contributed by atoms with Crippen LogP contribution in [-0.2, 0) is 0 Å². The molecule has 1 amide bonds. The number of carbonyl (C=O) groups is 1. The zero-order valence-electron chi connectivity index (χ0n) is 13.4. The van der Waals surface area contributed by atoms with E-state index in [1.165, 1.54) is 19.3 Å². The van der Waals surface area contributed by atoms with Crippen LogP contribution in [0.1, 0.15) is 56.8 Å². The smallest absolute Gasteiger partial charge is 0.251 e. The average Bonchev–Trinajstić information content (AvgIpc) is 2.51. The molecule has 2 rings (SSSR count). The van der Waals surface area contributed by atoms with Gasteiger partial charge in [0.25, 0.3) is 5.91 Å². The zero-order chi connectivity index (χ0) is 15.8. The molecule has 1 saturated carbocycles. The monoisotopic (exact) mass is 311 g/mol. The first-order chi connectivity index (χ1) is 10.1. The topological polar surface area (TPSA) is 38.3 Å². The van der Waals surface area contributed by atoms with Crippen LogP contribution in [0.5, 0.6) is 5.75 Å². The molecule has 0 aliphatic heterocycles. The highest BCUT2D eigenvalue weighted by Crippen LogP contribution is 2.26. The summed E-state index contributed by atoms with van der Waals surface area (Å²) in [7, 11) is 1.56. The highest BCUT2D eigenvalue weighted by atomic mass is 35.5. The molecule has 0 heterocycles. The molecule has 1 aromatic rings. The summed E-state index contributed by atoms with van der Waals surface area (Å²) in [6, 6.07) is 5.40. The van der Waals surface area contributed by atoms with E-state index in [1.54, 1.807) is 25.3 Å². The Bertz CT molecular complexity index is 462. The predicted octanol–water partition coefficient (Wildman–Crippen LogP) is 4.68. The minimum absolute atomic E-state index is 0.0525. The number of halogens is 1. The molecule has 2 unspecified atom stereocenters. The maximum atomic E-state index is 12.2. The summed E-state index contributed by atoms with van der Waals surface area (Å²) in [6.07, 6.45) is 4.71. The highest BCUT2D eigenvalue weighted by molar-refractivity contribution is 6.32. The van der Waals surface area contributed by atoms with Gasteiger partial charge in [-0.15, -0.1) is 0 Å². The Morgan fingerprint density at radius 3 is 2.52 bits per heavy atom. The second kappa shape index (κ2) is 8.93. The van der Waals surface area contributed by atoms with Crippen LogP contribution in [0, 0.1) is 5.92 Å². The summed E-state index contributed by atoms with van der Waals surface area (Å²) in [4.78, 5) is 12.2. The normalized spacial score (nSPS) is 21.0. The lowest BCUT2D eigenvalue weighted by molar-refractivity contribution is 0.0910. The molecule has 118 valence electrons. The summed E-state index contributed by atoms with van der Waals surface area (Å²) in [6.45, 7) is 6.20. The highest BCUT2D eigenvalue weighted by Gasteiger charge is 2.23. The van der Waals surface area contributed by atoms with E-state index in [1.807, 2.05) is 13.8 Å². The Hall–Kier alpha value is -1.22. The number of ether oxygens (including phenoxy) is 1. The molecule has 1 aromatic carbocycles. The predicted molar refractivity (Wildman–Crippen MR) is 88.2 cm³/mol.